The van der Waals surface area contributed by atoms with E-state index in [1.807, 2.05) is 7.05 Å². The summed E-state index contributed by atoms with van der Waals surface area (Å²) < 4.78 is 12.1. The summed E-state index contributed by atoms with van der Waals surface area (Å²) in [6, 6.07) is 0. The molecule has 0 aromatic carbocycles. The number of ketones is 1. The van der Waals surface area contributed by atoms with E-state index in [1.54, 1.807) is 6.92 Å². The number of ether oxygens (including phenoxy) is 2. The molecule has 0 aromatic heterocycles. The van der Waals surface area contributed by atoms with E-state index in [-0.39, 0.29) is 23.0 Å². The molecule has 0 saturated heterocycles. The maximum Gasteiger partial charge on any atom is 0.220 e. The third-order valence-electron chi connectivity index (χ3n) is 5.28. The van der Waals surface area contributed by atoms with Crippen molar-refractivity contribution in [1.29, 1.82) is 0 Å². The zero-order valence-electron chi connectivity index (χ0n) is 18.7. The van der Waals surface area contributed by atoms with Crippen LogP contribution in [-0.2, 0) is 19.1 Å². The van der Waals surface area contributed by atoms with Crippen LogP contribution in [0.4, 0.5) is 0 Å². The number of amides is 1. The molecule has 28 heavy (non-hydrogen) atoms. The Kier molecular flexibility index (Phi) is 11.2. The predicted octanol–water partition coefficient (Wildman–Crippen LogP) is 3.44. The Balaban J connectivity index is 2.31. The zero-order valence-corrected chi connectivity index (χ0v) is 18.7. The Hall–Kier alpha value is -0.980. The zero-order chi connectivity index (χ0) is 21.0. The van der Waals surface area contributed by atoms with Crippen molar-refractivity contribution in [2.75, 3.05) is 33.4 Å². The van der Waals surface area contributed by atoms with E-state index in [2.05, 4.69) is 31.4 Å². The van der Waals surface area contributed by atoms with Gasteiger partial charge in [-0.05, 0) is 44.6 Å². The maximum absolute atomic E-state index is 12.2. The number of rotatable bonds is 14. The van der Waals surface area contributed by atoms with Crippen molar-refractivity contribution in [1.82, 2.24) is 10.6 Å². The lowest BCUT2D eigenvalue weighted by Crippen LogP contribution is -2.42. The van der Waals surface area contributed by atoms with Crippen molar-refractivity contribution < 1.29 is 19.1 Å². The fourth-order valence-corrected chi connectivity index (χ4v) is 4.34. The first-order valence-electron chi connectivity index (χ1n) is 10.9. The molecule has 6 heteroatoms. The lowest BCUT2D eigenvalue weighted by molar-refractivity contribution is -0.250. The summed E-state index contributed by atoms with van der Waals surface area (Å²) >= 11 is 0. The van der Waals surface area contributed by atoms with Gasteiger partial charge in [0, 0.05) is 38.8 Å². The third-order valence-corrected chi connectivity index (χ3v) is 5.28. The van der Waals surface area contributed by atoms with Gasteiger partial charge in [-0.3, -0.25) is 4.79 Å². The Morgan fingerprint density at radius 2 is 1.68 bits per heavy atom. The minimum absolute atomic E-state index is 0.0449. The Labute approximate surface area is 171 Å². The molecule has 164 valence electrons. The van der Waals surface area contributed by atoms with Crippen LogP contribution in [0.15, 0.2) is 0 Å². The summed E-state index contributed by atoms with van der Waals surface area (Å²) in [6.45, 7) is 10.3. The summed E-state index contributed by atoms with van der Waals surface area (Å²) in [6.07, 6.45) is 7.22. The lowest BCUT2D eigenvalue weighted by atomic mass is 9.78. The first kappa shape index (κ1) is 25.1. The molecule has 0 heterocycles. The van der Waals surface area contributed by atoms with Crippen LogP contribution in [0, 0.1) is 11.3 Å². The second kappa shape index (κ2) is 12.6. The molecule has 1 amide bonds. The van der Waals surface area contributed by atoms with Gasteiger partial charge in [-0.15, -0.1) is 0 Å². The van der Waals surface area contributed by atoms with E-state index in [0.29, 0.717) is 32.6 Å². The minimum atomic E-state index is -0.482. The van der Waals surface area contributed by atoms with Gasteiger partial charge >= 0.3 is 0 Å². The van der Waals surface area contributed by atoms with Crippen LogP contribution < -0.4 is 10.6 Å². The highest BCUT2D eigenvalue weighted by Crippen LogP contribution is 2.33. The minimum Gasteiger partial charge on any atom is -0.354 e. The van der Waals surface area contributed by atoms with Gasteiger partial charge in [0.05, 0.1) is 13.2 Å². The largest absolute Gasteiger partial charge is 0.354 e. The molecule has 1 saturated carbocycles. The monoisotopic (exact) mass is 398 g/mol. The fourth-order valence-electron chi connectivity index (χ4n) is 4.34. The highest BCUT2D eigenvalue weighted by Gasteiger charge is 2.33. The van der Waals surface area contributed by atoms with Crippen molar-refractivity contribution in [3.8, 4) is 0 Å². The van der Waals surface area contributed by atoms with Crippen molar-refractivity contribution in [3.63, 3.8) is 0 Å². The van der Waals surface area contributed by atoms with Gasteiger partial charge in [0.2, 0.25) is 5.91 Å². The highest BCUT2D eigenvalue weighted by molar-refractivity contribution is 5.76. The summed E-state index contributed by atoms with van der Waals surface area (Å²) in [5.74, 6) is 0.00448. The number of Topliss-reactive ketones (excluding diaryl/α,β-unsaturated/α-hetero) is 1. The van der Waals surface area contributed by atoms with Crippen LogP contribution in [-0.4, -0.2) is 50.8 Å². The van der Waals surface area contributed by atoms with Crippen LogP contribution in [0.5, 0.6) is 0 Å². The van der Waals surface area contributed by atoms with Crippen LogP contribution in [0.2, 0.25) is 0 Å². The van der Waals surface area contributed by atoms with Crippen LogP contribution in [0.25, 0.3) is 0 Å². The number of nitrogens with one attached hydrogen (secondary N) is 2. The molecule has 0 spiro atoms. The van der Waals surface area contributed by atoms with E-state index in [9.17, 15) is 9.59 Å². The van der Waals surface area contributed by atoms with Gasteiger partial charge < -0.3 is 24.9 Å². The van der Waals surface area contributed by atoms with Crippen LogP contribution in [0.1, 0.15) is 79.1 Å². The molecule has 2 N–H and O–H groups in total. The van der Waals surface area contributed by atoms with E-state index in [4.69, 9.17) is 9.47 Å². The standard InChI is InChI=1S/C22H42N2O4/c1-18(16-21(3,4)17-19(2)25)15-20(26)24-12-14-28-22(27-13-11-23-5)9-7-6-8-10-22/h18,23H,6-17H2,1-5H3,(H,24,26). The number of likely N-dealkylation sites (N-methyl/N-ethyl adjacent to an activating group) is 1. The molecular weight excluding hydrogens is 356 g/mol. The second-order valence-corrected chi connectivity index (χ2v) is 9.18. The van der Waals surface area contributed by atoms with Gasteiger partial charge in [-0.1, -0.05) is 27.2 Å². The molecule has 1 unspecified atom stereocenters. The molecule has 1 aliphatic carbocycles. The lowest BCUT2D eigenvalue weighted by Gasteiger charge is -2.37. The van der Waals surface area contributed by atoms with Gasteiger partial charge in [0.15, 0.2) is 5.79 Å². The maximum atomic E-state index is 12.2. The summed E-state index contributed by atoms with van der Waals surface area (Å²) in [5.41, 5.74) is -0.0628. The average Bonchev–Trinajstić information content (AvgIpc) is 2.58. The molecule has 1 rings (SSSR count). The van der Waals surface area contributed by atoms with E-state index in [0.717, 1.165) is 38.6 Å². The molecule has 0 aliphatic heterocycles. The molecule has 0 radical (unpaired) electrons. The second-order valence-electron chi connectivity index (χ2n) is 9.18. The van der Waals surface area contributed by atoms with E-state index >= 15 is 0 Å². The quantitative estimate of drug-likeness (QED) is 0.346. The van der Waals surface area contributed by atoms with Crippen molar-refractivity contribution in [2.45, 2.75) is 84.8 Å². The molecule has 0 aromatic rings. The summed E-state index contributed by atoms with van der Waals surface area (Å²) in [7, 11) is 1.91. The normalized spacial score (nSPS) is 17.9. The van der Waals surface area contributed by atoms with Gasteiger partial charge in [-0.25, -0.2) is 0 Å². The Morgan fingerprint density at radius 1 is 1.07 bits per heavy atom. The topological polar surface area (TPSA) is 76.7 Å². The fraction of sp³-hybridized carbons (Fsp3) is 0.909. The summed E-state index contributed by atoms with van der Waals surface area (Å²) in [4.78, 5) is 23.6. The average molecular weight is 399 g/mol. The Morgan fingerprint density at radius 3 is 2.25 bits per heavy atom. The number of carbonyl (C=O) groups excluding carboxylic acids is 2. The number of carbonyl (C=O) groups is 2. The molecule has 0 bridgehead atoms. The Bertz CT molecular complexity index is 473. The molecule has 6 nitrogen and oxygen atoms in total. The third kappa shape index (κ3) is 10.5. The SMILES string of the molecule is CNCCOC1(OCCNC(=O)CC(C)CC(C)(C)CC(C)=O)CCCCC1. The van der Waals surface area contributed by atoms with Gasteiger partial charge in [0.1, 0.15) is 5.78 Å². The molecular formula is C22H42N2O4. The van der Waals surface area contributed by atoms with Crippen molar-refractivity contribution >= 4 is 11.7 Å². The van der Waals surface area contributed by atoms with E-state index < -0.39 is 5.79 Å². The number of hydrogen-bond donors (Lipinski definition) is 2. The van der Waals surface area contributed by atoms with Crippen molar-refractivity contribution in [3.05, 3.63) is 0 Å². The summed E-state index contributed by atoms with van der Waals surface area (Å²) in [5, 5.41) is 6.06. The van der Waals surface area contributed by atoms with Crippen LogP contribution in [0.3, 0.4) is 0 Å². The first-order valence-corrected chi connectivity index (χ1v) is 10.9. The van der Waals surface area contributed by atoms with Crippen LogP contribution >= 0.6 is 0 Å². The highest BCUT2D eigenvalue weighted by atomic mass is 16.7. The van der Waals surface area contributed by atoms with Gasteiger partial charge in [0.25, 0.3) is 0 Å². The van der Waals surface area contributed by atoms with Crippen molar-refractivity contribution in [2.24, 2.45) is 11.3 Å². The molecule has 1 aliphatic rings. The smallest absolute Gasteiger partial charge is 0.220 e. The predicted molar refractivity (Wildman–Crippen MR) is 112 cm³/mol. The molecule has 1 atom stereocenters. The molecule has 1 fully saturated rings. The van der Waals surface area contributed by atoms with Gasteiger partial charge in [-0.2, -0.15) is 0 Å². The number of hydrogen-bond acceptors (Lipinski definition) is 5. The van der Waals surface area contributed by atoms with E-state index in [1.165, 1.54) is 6.42 Å². The first-order chi connectivity index (χ1) is 13.2.